The summed E-state index contributed by atoms with van der Waals surface area (Å²) in [6, 6.07) is 5.43. The van der Waals surface area contributed by atoms with Gasteiger partial charge in [0.05, 0.1) is 11.3 Å². The van der Waals surface area contributed by atoms with Crippen LogP contribution >= 0.6 is 11.8 Å². The summed E-state index contributed by atoms with van der Waals surface area (Å²) in [5, 5.41) is 13.0. The third-order valence-corrected chi connectivity index (χ3v) is 3.60. The van der Waals surface area contributed by atoms with Crippen LogP contribution < -0.4 is 0 Å². The summed E-state index contributed by atoms with van der Waals surface area (Å²) in [7, 11) is 1.83. The number of hydrogen-bond donors (Lipinski definition) is 1. The molecule has 1 heterocycles. The van der Waals surface area contributed by atoms with Crippen LogP contribution in [-0.2, 0) is 12.8 Å². The molecule has 0 radical (unpaired) electrons. The lowest BCUT2D eigenvalue weighted by Crippen LogP contribution is -2.00. The molecule has 0 bridgehead atoms. The number of aryl methyl sites for hydroxylation is 2. The van der Waals surface area contributed by atoms with Crippen LogP contribution in [0.2, 0.25) is 0 Å². The average molecular weight is 263 g/mol. The van der Waals surface area contributed by atoms with Gasteiger partial charge < -0.3 is 5.11 Å². The van der Waals surface area contributed by atoms with Gasteiger partial charge in [0.15, 0.2) is 0 Å². The van der Waals surface area contributed by atoms with Crippen molar-refractivity contribution in [1.82, 2.24) is 14.8 Å². The number of nitrogens with zero attached hydrogens (tertiary/aromatic N) is 3. The van der Waals surface area contributed by atoms with E-state index >= 15 is 0 Å². The number of carboxylic acid groups (broad SMARTS) is 1. The number of aromatic carboxylic acids is 1. The van der Waals surface area contributed by atoms with Crippen LogP contribution in [0.15, 0.2) is 29.4 Å². The summed E-state index contributed by atoms with van der Waals surface area (Å²) in [6.07, 6.45) is 1.51. The van der Waals surface area contributed by atoms with Gasteiger partial charge in [-0.15, -0.1) is 11.8 Å². The predicted octanol–water partition coefficient (Wildman–Crippen LogP) is 2.11. The van der Waals surface area contributed by atoms with Gasteiger partial charge in [-0.25, -0.2) is 9.78 Å². The Bertz CT molecular complexity index is 580. The van der Waals surface area contributed by atoms with Crippen molar-refractivity contribution in [3.05, 3.63) is 41.5 Å². The van der Waals surface area contributed by atoms with Gasteiger partial charge in [-0.3, -0.25) is 4.68 Å². The molecule has 94 valence electrons. The van der Waals surface area contributed by atoms with E-state index in [9.17, 15) is 4.79 Å². The number of thioether (sulfide) groups is 1. The van der Waals surface area contributed by atoms with Gasteiger partial charge in [0.2, 0.25) is 0 Å². The van der Waals surface area contributed by atoms with E-state index in [0.29, 0.717) is 11.3 Å². The fourth-order valence-electron chi connectivity index (χ4n) is 1.52. The van der Waals surface area contributed by atoms with E-state index in [2.05, 4.69) is 10.1 Å². The lowest BCUT2D eigenvalue weighted by atomic mass is 10.1. The van der Waals surface area contributed by atoms with Crippen LogP contribution in [0.5, 0.6) is 0 Å². The molecule has 0 amide bonds. The Labute approximate surface area is 109 Å². The first kappa shape index (κ1) is 12.6. The monoisotopic (exact) mass is 263 g/mol. The maximum atomic E-state index is 11.0. The second-order valence-electron chi connectivity index (χ2n) is 3.87. The zero-order valence-electron chi connectivity index (χ0n) is 10.1. The minimum Gasteiger partial charge on any atom is -0.478 e. The Hall–Kier alpha value is -1.82. The number of hydrogen-bond acceptors (Lipinski definition) is 4. The fourth-order valence-corrected chi connectivity index (χ4v) is 2.44. The Morgan fingerprint density at radius 3 is 2.89 bits per heavy atom. The van der Waals surface area contributed by atoms with Crippen molar-refractivity contribution in [3.63, 3.8) is 0 Å². The Morgan fingerprint density at radius 2 is 2.28 bits per heavy atom. The molecule has 0 unspecified atom stereocenters. The molecule has 2 aromatic rings. The van der Waals surface area contributed by atoms with Crippen LogP contribution in [0.1, 0.15) is 21.7 Å². The molecule has 6 heteroatoms. The molecule has 0 aliphatic rings. The third-order valence-electron chi connectivity index (χ3n) is 2.61. The van der Waals surface area contributed by atoms with Crippen LogP contribution in [0.3, 0.4) is 0 Å². The van der Waals surface area contributed by atoms with Crippen molar-refractivity contribution >= 4 is 17.7 Å². The van der Waals surface area contributed by atoms with E-state index in [1.807, 2.05) is 19.2 Å². The molecule has 0 fully saturated rings. The van der Waals surface area contributed by atoms with Gasteiger partial charge in [0.25, 0.3) is 0 Å². The van der Waals surface area contributed by atoms with Crippen LogP contribution in [0.4, 0.5) is 0 Å². The molecule has 0 aliphatic carbocycles. The molecule has 0 saturated carbocycles. The second kappa shape index (κ2) is 5.22. The van der Waals surface area contributed by atoms with Crippen molar-refractivity contribution in [1.29, 1.82) is 0 Å². The molecule has 0 saturated heterocycles. The standard InChI is InChI=1S/C12H13N3O2S/c1-8-3-4-9(5-10(8)12(16)17)18-6-11-13-7-14-15(11)2/h3-5,7H,6H2,1-2H3,(H,16,17). The quantitative estimate of drug-likeness (QED) is 0.856. The number of benzene rings is 1. The van der Waals surface area contributed by atoms with E-state index in [-0.39, 0.29) is 0 Å². The van der Waals surface area contributed by atoms with Gasteiger partial charge in [0.1, 0.15) is 12.2 Å². The fraction of sp³-hybridized carbons (Fsp3) is 0.250. The smallest absolute Gasteiger partial charge is 0.335 e. The number of carboxylic acids is 1. The van der Waals surface area contributed by atoms with Gasteiger partial charge in [-0.1, -0.05) is 6.07 Å². The highest BCUT2D eigenvalue weighted by atomic mass is 32.2. The Kier molecular flexibility index (Phi) is 3.66. The summed E-state index contributed by atoms with van der Waals surface area (Å²) < 4.78 is 1.71. The molecule has 0 aliphatic heterocycles. The highest BCUT2D eigenvalue weighted by molar-refractivity contribution is 7.98. The summed E-state index contributed by atoms with van der Waals surface area (Å²) in [5.74, 6) is 0.629. The lowest BCUT2D eigenvalue weighted by molar-refractivity contribution is 0.0696. The van der Waals surface area contributed by atoms with Crippen molar-refractivity contribution in [3.8, 4) is 0 Å². The summed E-state index contributed by atoms with van der Waals surface area (Å²) in [5.41, 5.74) is 1.11. The molecule has 1 aromatic heterocycles. The van der Waals surface area contributed by atoms with Gasteiger partial charge in [-0.2, -0.15) is 5.10 Å². The SMILES string of the molecule is Cc1ccc(SCc2ncnn2C)cc1C(=O)O. The molecule has 0 atom stereocenters. The number of aromatic nitrogens is 3. The topological polar surface area (TPSA) is 68.0 Å². The van der Waals surface area contributed by atoms with Crippen molar-refractivity contribution in [2.75, 3.05) is 0 Å². The summed E-state index contributed by atoms with van der Waals surface area (Å²) >= 11 is 1.55. The van der Waals surface area contributed by atoms with Gasteiger partial charge in [0, 0.05) is 11.9 Å². The summed E-state index contributed by atoms with van der Waals surface area (Å²) in [4.78, 5) is 16.1. The molecular weight excluding hydrogens is 250 g/mol. The molecular formula is C12H13N3O2S. The molecule has 18 heavy (non-hydrogen) atoms. The lowest BCUT2D eigenvalue weighted by Gasteiger charge is -2.05. The predicted molar refractivity (Wildman–Crippen MR) is 68.7 cm³/mol. The minimum atomic E-state index is -0.895. The van der Waals surface area contributed by atoms with Crippen molar-refractivity contribution in [2.24, 2.45) is 7.05 Å². The highest BCUT2D eigenvalue weighted by Gasteiger charge is 2.09. The van der Waals surface area contributed by atoms with E-state index in [0.717, 1.165) is 16.3 Å². The van der Waals surface area contributed by atoms with Gasteiger partial charge in [-0.05, 0) is 24.6 Å². The largest absolute Gasteiger partial charge is 0.478 e. The van der Waals surface area contributed by atoms with E-state index < -0.39 is 5.97 Å². The highest BCUT2D eigenvalue weighted by Crippen LogP contribution is 2.24. The van der Waals surface area contributed by atoms with Gasteiger partial charge >= 0.3 is 5.97 Å². The molecule has 0 spiro atoms. The maximum absolute atomic E-state index is 11.0. The van der Waals surface area contributed by atoms with E-state index in [1.54, 1.807) is 29.4 Å². The Balaban J connectivity index is 2.13. The van der Waals surface area contributed by atoms with Crippen molar-refractivity contribution in [2.45, 2.75) is 17.6 Å². The van der Waals surface area contributed by atoms with Crippen molar-refractivity contribution < 1.29 is 9.90 Å². The van der Waals surface area contributed by atoms with Crippen LogP contribution in [0.25, 0.3) is 0 Å². The van der Waals surface area contributed by atoms with Crippen LogP contribution in [-0.4, -0.2) is 25.8 Å². The molecule has 5 nitrogen and oxygen atoms in total. The molecule has 1 N–H and O–H groups in total. The van der Waals surface area contributed by atoms with E-state index in [1.165, 1.54) is 6.33 Å². The maximum Gasteiger partial charge on any atom is 0.335 e. The first-order valence-corrected chi connectivity index (χ1v) is 6.36. The minimum absolute atomic E-state index is 0.345. The third kappa shape index (κ3) is 2.70. The first-order chi connectivity index (χ1) is 8.58. The molecule has 2 rings (SSSR count). The average Bonchev–Trinajstić information content (AvgIpc) is 2.73. The first-order valence-electron chi connectivity index (χ1n) is 5.37. The normalized spacial score (nSPS) is 10.6. The molecule has 1 aromatic carbocycles. The van der Waals surface area contributed by atoms with Crippen LogP contribution in [0, 0.1) is 6.92 Å². The Morgan fingerprint density at radius 1 is 1.50 bits per heavy atom. The second-order valence-corrected chi connectivity index (χ2v) is 4.92. The number of carbonyl (C=O) groups is 1. The number of rotatable bonds is 4. The summed E-state index contributed by atoms with van der Waals surface area (Å²) in [6.45, 7) is 1.79. The zero-order chi connectivity index (χ0) is 13.1. The zero-order valence-corrected chi connectivity index (χ0v) is 10.9. The van der Waals surface area contributed by atoms with E-state index in [4.69, 9.17) is 5.11 Å².